The molecule has 0 spiro atoms. The highest BCUT2D eigenvalue weighted by atomic mass is 35.5. The molecule has 3 rings (SSSR count). The van der Waals surface area contributed by atoms with Crippen molar-refractivity contribution < 1.29 is 23.0 Å². The molecule has 0 unspecified atom stereocenters. The van der Waals surface area contributed by atoms with E-state index in [9.17, 15) is 14.0 Å². The van der Waals surface area contributed by atoms with Crippen LogP contribution in [0.2, 0.25) is 5.02 Å². The third kappa shape index (κ3) is 3.58. The maximum Gasteiger partial charge on any atom is 0.343 e. The van der Waals surface area contributed by atoms with E-state index in [2.05, 4.69) is 0 Å². The maximum atomic E-state index is 15.4. The van der Waals surface area contributed by atoms with Gasteiger partial charge in [-0.3, -0.25) is 4.79 Å². The molecule has 1 heterocycles. The summed E-state index contributed by atoms with van der Waals surface area (Å²) in [6.45, 7) is 3.63. The zero-order valence-corrected chi connectivity index (χ0v) is 16.8. The van der Waals surface area contributed by atoms with E-state index in [0.29, 0.717) is 5.75 Å². The third-order valence-corrected chi connectivity index (χ3v) is 4.83. The van der Waals surface area contributed by atoms with Crippen molar-refractivity contribution in [2.75, 3.05) is 13.7 Å². The zero-order chi connectivity index (χ0) is 21.3. The predicted octanol–water partition coefficient (Wildman–Crippen LogP) is 4.81. The van der Waals surface area contributed by atoms with Gasteiger partial charge in [-0.25, -0.2) is 13.6 Å². The molecule has 0 aliphatic heterocycles. The molecule has 0 N–H and O–H groups in total. The van der Waals surface area contributed by atoms with Crippen LogP contribution in [0.25, 0.3) is 22.0 Å². The molecule has 29 heavy (non-hydrogen) atoms. The van der Waals surface area contributed by atoms with Crippen LogP contribution in [0.5, 0.6) is 5.75 Å². The molecular weight excluding hydrogens is 404 g/mol. The normalized spacial score (nSPS) is 11.0. The minimum absolute atomic E-state index is 0.0718. The number of nitrogens with zero attached hydrogens (tertiary/aromatic N) is 1. The fourth-order valence-electron chi connectivity index (χ4n) is 3.18. The Balaban J connectivity index is 2.34. The van der Waals surface area contributed by atoms with Crippen LogP contribution in [-0.4, -0.2) is 24.3 Å². The first-order chi connectivity index (χ1) is 13.8. The molecule has 0 aliphatic rings. The van der Waals surface area contributed by atoms with Crippen LogP contribution in [0.15, 0.2) is 35.3 Å². The third-order valence-electron chi connectivity index (χ3n) is 4.53. The number of carbonyl (C=O) groups is 1. The Kier molecular flexibility index (Phi) is 5.88. The number of hydrogen-bond donors (Lipinski definition) is 0. The standard InChI is InChI=1S/C21H18ClF2NO4/c1-4-25-10-13(21(27)29-5-2)20(26)12-9-15(23)17(18(24)19(12)25)11-6-7-16(28-3)14(22)8-11/h6-10H,4-5H2,1-3H3. The summed E-state index contributed by atoms with van der Waals surface area (Å²) in [6, 6.07) is 5.29. The van der Waals surface area contributed by atoms with Crippen LogP contribution in [0.1, 0.15) is 24.2 Å². The van der Waals surface area contributed by atoms with Gasteiger partial charge in [0.05, 0.1) is 35.2 Å². The van der Waals surface area contributed by atoms with Gasteiger partial charge in [0.15, 0.2) is 5.82 Å². The molecule has 1 aromatic heterocycles. The van der Waals surface area contributed by atoms with Crippen molar-refractivity contribution in [3.63, 3.8) is 0 Å². The van der Waals surface area contributed by atoms with Gasteiger partial charge in [-0.05, 0) is 37.6 Å². The van der Waals surface area contributed by atoms with Crippen molar-refractivity contribution in [2.45, 2.75) is 20.4 Å². The molecule has 0 saturated carbocycles. The number of pyridine rings is 1. The number of halogens is 3. The van der Waals surface area contributed by atoms with Gasteiger partial charge in [-0.2, -0.15) is 0 Å². The first kappa shape index (κ1) is 20.8. The molecule has 0 atom stereocenters. The van der Waals surface area contributed by atoms with E-state index in [1.165, 1.54) is 36.1 Å². The summed E-state index contributed by atoms with van der Waals surface area (Å²) >= 11 is 6.09. The van der Waals surface area contributed by atoms with Gasteiger partial charge in [0.2, 0.25) is 5.43 Å². The summed E-state index contributed by atoms with van der Waals surface area (Å²) in [5, 5.41) is -0.0507. The number of carbonyl (C=O) groups excluding carboxylic acids is 1. The van der Waals surface area contributed by atoms with Crippen molar-refractivity contribution in [1.82, 2.24) is 4.57 Å². The number of rotatable bonds is 5. The molecule has 0 fully saturated rings. The lowest BCUT2D eigenvalue weighted by molar-refractivity contribution is 0.0524. The Hall–Kier alpha value is -2.93. The minimum atomic E-state index is -0.947. The fourth-order valence-corrected chi connectivity index (χ4v) is 3.43. The summed E-state index contributed by atoms with van der Waals surface area (Å²) in [6.07, 6.45) is 1.23. The van der Waals surface area contributed by atoms with Crippen LogP contribution < -0.4 is 10.2 Å². The number of methoxy groups -OCH3 is 1. The molecule has 0 aliphatic carbocycles. The van der Waals surface area contributed by atoms with E-state index in [1.807, 2.05) is 0 Å². The second-order valence-electron chi connectivity index (χ2n) is 6.17. The molecule has 5 nitrogen and oxygen atoms in total. The van der Waals surface area contributed by atoms with Crippen molar-refractivity contribution in [3.8, 4) is 16.9 Å². The predicted molar refractivity (Wildman–Crippen MR) is 107 cm³/mol. The van der Waals surface area contributed by atoms with E-state index < -0.39 is 23.0 Å². The molecule has 152 valence electrons. The number of aromatic nitrogens is 1. The van der Waals surface area contributed by atoms with Crippen LogP contribution in [0.4, 0.5) is 8.78 Å². The average Bonchev–Trinajstić information content (AvgIpc) is 2.69. The highest BCUT2D eigenvalue weighted by molar-refractivity contribution is 6.32. The molecule has 0 bridgehead atoms. The quantitative estimate of drug-likeness (QED) is 0.555. The maximum absolute atomic E-state index is 15.4. The summed E-state index contributed by atoms with van der Waals surface area (Å²) < 4.78 is 41.7. The summed E-state index contributed by atoms with van der Waals surface area (Å²) in [7, 11) is 1.43. The number of ether oxygens (including phenoxy) is 2. The molecule has 0 saturated heterocycles. The molecule has 0 amide bonds. The van der Waals surface area contributed by atoms with Crippen molar-refractivity contribution >= 4 is 28.5 Å². The van der Waals surface area contributed by atoms with Crippen molar-refractivity contribution in [3.05, 3.63) is 62.9 Å². The smallest absolute Gasteiger partial charge is 0.343 e. The first-order valence-electron chi connectivity index (χ1n) is 8.90. The molecule has 8 heteroatoms. The van der Waals surface area contributed by atoms with Crippen molar-refractivity contribution in [1.29, 1.82) is 0 Å². The van der Waals surface area contributed by atoms with Gasteiger partial charge in [0.1, 0.15) is 17.1 Å². The summed E-state index contributed by atoms with van der Waals surface area (Å²) in [5.41, 5.74) is -1.31. The van der Waals surface area contributed by atoms with Gasteiger partial charge in [0.25, 0.3) is 0 Å². The Labute approximate surface area is 170 Å². The summed E-state index contributed by atoms with van der Waals surface area (Å²) in [5.74, 6) is -2.34. The average molecular weight is 422 g/mol. The number of fused-ring (bicyclic) bond motifs is 1. The first-order valence-corrected chi connectivity index (χ1v) is 9.27. The number of benzene rings is 2. The van der Waals surface area contributed by atoms with Gasteiger partial charge >= 0.3 is 5.97 Å². The van der Waals surface area contributed by atoms with Crippen LogP contribution in [0.3, 0.4) is 0 Å². The molecule has 3 aromatic rings. The van der Waals surface area contributed by atoms with Crippen molar-refractivity contribution in [2.24, 2.45) is 0 Å². The fraction of sp³-hybridized carbons (Fsp3) is 0.238. The number of esters is 1. The number of hydrogen-bond acceptors (Lipinski definition) is 4. The van der Waals surface area contributed by atoms with Gasteiger partial charge in [0, 0.05) is 12.7 Å². The molecule has 0 radical (unpaired) electrons. The van der Waals surface area contributed by atoms with E-state index >= 15 is 4.39 Å². The van der Waals surface area contributed by atoms with Gasteiger partial charge < -0.3 is 14.0 Å². The second kappa shape index (κ2) is 8.21. The van der Waals surface area contributed by atoms with Gasteiger partial charge in [-0.15, -0.1) is 0 Å². The highest BCUT2D eigenvalue weighted by Gasteiger charge is 2.23. The van der Waals surface area contributed by atoms with E-state index in [1.54, 1.807) is 13.8 Å². The lowest BCUT2D eigenvalue weighted by Crippen LogP contribution is -2.21. The lowest BCUT2D eigenvalue weighted by atomic mass is 10.0. The zero-order valence-electron chi connectivity index (χ0n) is 16.0. The minimum Gasteiger partial charge on any atom is -0.495 e. The SMILES string of the molecule is CCOC(=O)c1cn(CC)c2c(F)c(-c3ccc(OC)c(Cl)c3)c(F)cc2c1=O. The van der Waals surface area contributed by atoms with Crippen LogP contribution >= 0.6 is 11.6 Å². The van der Waals surface area contributed by atoms with E-state index in [4.69, 9.17) is 21.1 Å². The lowest BCUT2D eigenvalue weighted by Gasteiger charge is -2.15. The van der Waals surface area contributed by atoms with Crippen LogP contribution in [-0.2, 0) is 11.3 Å². The Morgan fingerprint density at radius 2 is 1.93 bits per heavy atom. The van der Waals surface area contributed by atoms with Crippen LogP contribution in [0, 0.1) is 11.6 Å². The Morgan fingerprint density at radius 1 is 1.21 bits per heavy atom. The van der Waals surface area contributed by atoms with E-state index in [0.717, 1.165) is 6.07 Å². The monoisotopic (exact) mass is 421 g/mol. The largest absolute Gasteiger partial charge is 0.495 e. The second-order valence-corrected chi connectivity index (χ2v) is 6.58. The molecular formula is C21H18ClF2NO4. The van der Waals surface area contributed by atoms with Gasteiger partial charge in [-0.1, -0.05) is 17.7 Å². The number of aryl methyl sites for hydroxylation is 1. The Bertz CT molecular complexity index is 1170. The summed E-state index contributed by atoms with van der Waals surface area (Å²) in [4.78, 5) is 24.8. The highest BCUT2D eigenvalue weighted by Crippen LogP contribution is 2.35. The molecule has 2 aromatic carbocycles. The Morgan fingerprint density at radius 3 is 2.52 bits per heavy atom. The van der Waals surface area contributed by atoms with E-state index in [-0.39, 0.29) is 45.8 Å². The topological polar surface area (TPSA) is 57.5 Å².